The maximum absolute atomic E-state index is 13.4. The number of methoxy groups -OCH3 is 1. The summed E-state index contributed by atoms with van der Waals surface area (Å²) in [6.45, 7) is 0.650. The zero-order valence-electron chi connectivity index (χ0n) is 19.0. The summed E-state index contributed by atoms with van der Waals surface area (Å²) in [4.78, 5) is 42.2. The van der Waals surface area contributed by atoms with Crippen LogP contribution in [0.3, 0.4) is 0 Å². The van der Waals surface area contributed by atoms with E-state index >= 15 is 0 Å². The molecule has 2 aromatic carbocycles. The van der Waals surface area contributed by atoms with Gasteiger partial charge in [-0.05, 0) is 42.7 Å². The molecule has 1 aliphatic rings. The first kappa shape index (κ1) is 23.6. The number of ether oxygens (including phenoxy) is 1. The molecule has 0 atom stereocenters. The minimum Gasteiger partial charge on any atom is -0.464 e. The number of carbonyl (C=O) groups excluding carboxylic acids is 2. The number of hydrogen-bond donors (Lipinski definition) is 0. The molecular formula is C26H27FN2O5. The van der Waals surface area contributed by atoms with Crippen molar-refractivity contribution in [3.05, 3.63) is 82.0 Å². The van der Waals surface area contributed by atoms with Crippen molar-refractivity contribution in [3.8, 4) is 0 Å². The molecule has 8 heteroatoms. The Labute approximate surface area is 196 Å². The van der Waals surface area contributed by atoms with E-state index in [-0.39, 0.29) is 48.6 Å². The van der Waals surface area contributed by atoms with E-state index in [1.807, 2.05) is 0 Å². The van der Waals surface area contributed by atoms with Gasteiger partial charge in [-0.15, -0.1) is 0 Å². The molecule has 0 bridgehead atoms. The normalized spacial score (nSPS) is 13.1. The summed E-state index contributed by atoms with van der Waals surface area (Å²) in [5, 5.41) is 0.430. The van der Waals surface area contributed by atoms with Gasteiger partial charge >= 0.3 is 0 Å². The first-order valence-electron chi connectivity index (χ1n) is 11.3. The van der Waals surface area contributed by atoms with Crippen molar-refractivity contribution >= 4 is 22.8 Å². The molecule has 0 aliphatic heterocycles. The molecule has 4 rings (SSSR count). The van der Waals surface area contributed by atoms with E-state index in [4.69, 9.17) is 9.15 Å². The summed E-state index contributed by atoms with van der Waals surface area (Å²) in [5.74, 6) is -0.792. The van der Waals surface area contributed by atoms with Crippen LogP contribution in [0.5, 0.6) is 0 Å². The van der Waals surface area contributed by atoms with E-state index in [9.17, 15) is 18.8 Å². The molecule has 1 heterocycles. The quantitative estimate of drug-likeness (QED) is 0.458. The zero-order valence-corrected chi connectivity index (χ0v) is 19.0. The summed E-state index contributed by atoms with van der Waals surface area (Å²) in [7, 11) is 1.54. The van der Waals surface area contributed by atoms with Gasteiger partial charge in [0, 0.05) is 26.1 Å². The van der Waals surface area contributed by atoms with Crippen LogP contribution in [0.1, 0.15) is 24.0 Å². The van der Waals surface area contributed by atoms with Crippen molar-refractivity contribution in [2.45, 2.75) is 25.9 Å². The van der Waals surface area contributed by atoms with Crippen LogP contribution in [0.25, 0.3) is 11.0 Å². The second-order valence-corrected chi connectivity index (χ2v) is 8.49. The minimum atomic E-state index is -0.377. The van der Waals surface area contributed by atoms with Gasteiger partial charge in [-0.1, -0.05) is 24.3 Å². The lowest BCUT2D eigenvalue weighted by Gasteiger charge is -2.28. The highest BCUT2D eigenvalue weighted by atomic mass is 19.1. The van der Waals surface area contributed by atoms with Crippen LogP contribution in [0.15, 0.2) is 64.0 Å². The van der Waals surface area contributed by atoms with E-state index in [2.05, 4.69) is 0 Å². The fraction of sp³-hybridized carbons (Fsp3) is 0.346. The van der Waals surface area contributed by atoms with Crippen molar-refractivity contribution < 1.29 is 23.1 Å². The predicted octanol–water partition coefficient (Wildman–Crippen LogP) is 3.35. The van der Waals surface area contributed by atoms with Gasteiger partial charge in [0.1, 0.15) is 11.4 Å². The number of fused-ring (bicyclic) bond motifs is 1. The highest BCUT2D eigenvalue weighted by Gasteiger charge is 2.34. The Morgan fingerprint density at radius 1 is 1.06 bits per heavy atom. The van der Waals surface area contributed by atoms with Crippen LogP contribution < -0.4 is 5.43 Å². The maximum Gasteiger partial charge on any atom is 0.242 e. The summed E-state index contributed by atoms with van der Waals surface area (Å²) < 4.78 is 24.1. The molecule has 0 saturated heterocycles. The van der Waals surface area contributed by atoms with Gasteiger partial charge in [0.05, 0.1) is 36.9 Å². The number of amides is 2. The van der Waals surface area contributed by atoms with E-state index in [0.29, 0.717) is 35.2 Å². The molecule has 1 aromatic heterocycles. The van der Waals surface area contributed by atoms with E-state index < -0.39 is 0 Å². The minimum absolute atomic E-state index is 0.000879. The zero-order chi connectivity index (χ0) is 24.1. The first-order valence-corrected chi connectivity index (χ1v) is 11.3. The molecule has 178 valence electrons. The van der Waals surface area contributed by atoms with Crippen LogP contribution >= 0.6 is 0 Å². The second kappa shape index (κ2) is 10.6. The lowest BCUT2D eigenvalue weighted by molar-refractivity contribution is -0.142. The molecule has 2 amide bonds. The van der Waals surface area contributed by atoms with Crippen molar-refractivity contribution in [2.24, 2.45) is 5.92 Å². The van der Waals surface area contributed by atoms with Gasteiger partial charge in [0.15, 0.2) is 5.43 Å². The number of halogens is 1. The number of benzene rings is 2. The van der Waals surface area contributed by atoms with Crippen molar-refractivity contribution in [1.29, 1.82) is 0 Å². The van der Waals surface area contributed by atoms with Gasteiger partial charge in [-0.3, -0.25) is 14.4 Å². The van der Waals surface area contributed by atoms with Crippen molar-refractivity contribution in [2.75, 3.05) is 26.8 Å². The molecule has 0 spiro atoms. The molecular weight excluding hydrogens is 439 g/mol. The van der Waals surface area contributed by atoms with Gasteiger partial charge in [-0.2, -0.15) is 0 Å². The smallest absolute Gasteiger partial charge is 0.242 e. The summed E-state index contributed by atoms with van der Waals surface area (Å²) in [6, 6.07) is 12.7. The molecule has 1 aliphatic carbocycles. The fourth-order valence-corrected chi connectivity index (χ4v) is 3.80. The number of nitrogens with zero attached hydrogens (tertiary/aromatic N) is 2. The lowest BCUT2D eigenvalue weighted by atomic mass is 10.1. The second-order valence-electron chi connectivity index (χ2n) is 8.49. The number of hydrogen-bond acceptors (Lipinski definition) is 5. The van der Waals surface area contributed by atoms with E-state index in [1.165, 1.54) is 28.2 Å². The summed E-state index contributed by atoms with van der Waals surface area (Å²) in [6.07, 6.45) is 3.02. The monoisotopic (exact) mass is 466 g/mol. The van der Waals surface area contributed by atoms with Gasteiger partial charge in [-0.25, -0.2) is 4.39 Å². The highest BCUT2D eigenvalue weighted by molar-refractivity contribution is 5.87. The molecule has 3 aromatic rings. The molecule has 1 fully saturated rings. The first-order chi connectivity index (χ1) is 16.5. The number of para-hydroxylation sites is 1. The van der Waals surface area contributed by atoms with Crippen LogP contribution in [-0.4, -0.2) is 48.4 Å². The van der Waals surface area contributed by atoms with E-state index in [1.54, 1.807) is 43.5 Å². The van der Waals surface area contributed by atoms with Gasteiger partial charge in [0.25, 0.3) is 0 Å². The Bertz CT molecular complexity index is 1220. The molecule has 34 heavy (non-hydrogen) atoms. The third-order valence-corrected chi connectivity index (χ3v) is 5.88. The largest absolute Gasteiger partial charge is 0.464 e. The standard InChI is InChI=1S/C26H27FN2O5/c1-33-13-12-28(26(32)19-8-9-19)16-24(30)29(14-18-6-10-21(27)11-7-18)15-20-17-34-23-5-3-2-4-22(23)25(20)31/h2-7,10-11,17,19H,8-9,12-16H2,1H3. The van der Waals surface area contributed by atoms with Crippen LogP contribution in [0, 0.1) is 11.7 Å². The summed E-state index contributed by atoms with van der Waals surface area (Å²) >= 11 is 0. The lowest BCUT2D eigenvalue weighted by Crippen LogP contribution is -2.44. The highest BCUT2D eigenvalue weighted by Crippen LogP contribution is 2.31. The molecule has 0 unspecified atom stereocenters. The number of carbonyl (C=O) groups is 2. The Morgan fingerprint density at radius 3 is 2.50 bits per heavy atom. The fourth-order valence-electron chi connectivity index (χ4n) is 3.80. The molecule has 0 N–H and O–H groups in total. The van der Waals surface area contributed by atoms with Crippen LogP contribution in [-0.2, 0) is 27.4 Å². The average molecular weight is 467 g/mol. The SMILES string of the molecule is COCCN(CC(=O)N(Cc1ccc(F)cc1)Cc1coc2ccccc2c1=O)C(=O)C1CC1. The predicted molar refractivity (Wildman–Crippen MR) is 124 cm³/mol. The molecule has 7 nitrogen and oxygen atoms in total. The van der Waals surface area contributed by atoms with Crippen LogP contribution in [0.4, 0.5) is 4.39 Å². The topological polar surface area (TPSA) is 80.1 Å². The van der Waals surface area contributed by atoms with Gasteiger partial charge in [0.2, 0.25) is 11.8 Å². The van der Waals surface area contributed by atoms with Crippen LogP contribution in [0.2, 0.25) is 0 Å². The average Bonchev–Trinajstić information content (AvgIpc) is 3.69. The van der Waals surface area contributed by atoms with E-state index in [0.717, 1.165) is 12.8 Å². The third kappa shape index (κ3) is 5.69. The van der Waals surface area contributed by atoms with Crippen molar-refractivity contribution in [3.63, 3.8) is 0 Å². The maximum atomic E-state index is 13.4. The molecule has 1 saturated carbocycles. The Kier molecular flexibility index (Phi) is 7.37. The Hall–Kier alpha value is -3.52. The van der Waals surface area contributed by atoms with Gasteiger partial charge < -0.3 is 19.0 Å². The number of rotatable bonds is 10. The summed E-state index contributed by atoms with van der Waals surface area (Å²) in [5.41, 5.74) is 1.28. The Morgan fingerprint density at radius 2 is 1.79 bits per heavy atom. The molecule has 0 radical (unpaired) electrons. The third-order valence-electron chi connectivity index (χ3n) is 5.88. The van der Waals surface area contributed by atoms with Crippen molar-refractivity contribution in [1.82, 2.24) is 9.80 Å². The Balaban J connectivity index is 1.59.